The Kier molecular flexibility index (Phi) is 13.7. The second-order valence-electron chi connectivity index (χ2n) is 21.1. The lowest BCUT2D eigenvalue weighted by Crippen LogP contribution is -2.73. The number of benzene rings is 4. The number of nitrogens with zero attached hydrogens (tertiary/aromatic N) is 5. The number of likely N-dealkylation sites (tertiary alicyclic amines) is 2. The first-order valence-electron chi connectivity index (χ1n) is 25.4. The average molecular weight is 973 g/mol. The predicted octanol–water partition coefficient (Wildman–Crippen LogP) is 9.50. The van der Waals surface area contributed by atoms with E-state index in [4.69, 9.17) is 32.7 Å². The van der Waals surface area contributed by atoms with Crippen molar-refractivity contribution in [2.24, 2.45) is 23.8 Å². The molecule has 7 unspecified atom stereocenters. The van der Waals surface area contributed by atoms with Crippen LogP contribution < -0.4 is 15.4 Å². The number of hydrogen-bond acceptors (Lipinski definition) is 9. The normalized spacial score (nSPS) is 32.6. The minimum absolute atomic E-state index is 0.00471. The number of ketones is 1. The third kappa shape index (κ3) is 8.19. The van der Waals surface area contributed by atoms with Crippen molar-refractivity contribution in [1.82, 2.24) is 34.9 Å². The standard InChI is InChI=1S/C57H71Cl2N7O3/c1-9-51-61-32-47(65(51)7)39-19-24-45(25-20-39)69-48-29-43(59)23-18-40(48)33-66-36(4)52-57-49(30-44(27-38-16-21-42(58)22-17-38)64(6)54(57)46(62-52)34-68-8)60-31-35(3)63(5)53-41(26-37-14-12-11-13-15-37)28-50(66)56(53,10-2)55(57)67/h11-25,29,32,35-36,41,44,46,49-50,52-54,60,62H,9-10,26-28,30-31,33-34H2,1-8H3/t35-,36-,41+,44-,46+,49?,50?,52?,53?,54?,56?,57?/m0/s1. The van der Waals surface area contributed by atoms with Crippen molar-refractivity contribution in [1.29, 1.82) is 0 Å². The summed E-state index contributed by atoms with van der Waals surface area (Å²) in [4.78, 5) is 30.0. The maximum Gasteiger partial charge on any atom is 0.153 e. The number of Topliss-reactive ketones (excluding diaryl/α,β-unsaturated/α-hetero) is 1. The molecule has 1 aromatic heterocycles. The monoisotopic (exact) mass is 971 g/mol. The maximum absolute atomic E-state index is 17.4. The summed E-state index contributed by atoms with van der Waals surface area (Å²) in [5.41, 5.74) is 4.29. The van der Waals surface area contributed by atoms with E-state index in [0.717, 1.165) is 84.2 Å². The average Bonchev–Trinajstić information content (AvgIpc) is 4.01. The highest BCUT2D eigenvalue weighted by molar-refractivity contribution is 6.31. The fraction of sp³-hybridized carbons (Fsp3) is 0.509. The van der Waals surface area contributed by atoms with E-state index in [-0.39, 0.29) is 60.3 Å². The molecule has 5 aliphatic rings. The van der Waals surface area contributed by atoms with Crippen molar-refractivity contribution in [3.05, 3.63) is 136 Å². The van der Waals surface area contributed by atoms with E-state index in [1.165, 1.54) is 11.1 Å². The number of imidazole rings is 1. The van der Waals surface area contributed by atoms with Gasteiger partial charge in [-0.05, 0) is 126 Å². The molecular weight excluding hydrogens is 902 g/mol. The van der Waals surface area contributed by atoms with Crippen molar-refractivity contribution in [3.8, 4) is 22.8 Å². The fourth-order valence-electron chi connectivity index (χ4n) is 14.6. The van der Waals surface area contributed by atoms with Crippen LogP contribution in [0.2, 0.25) is 10.0 Å². The van der Waals surface area contributed by atoms with Gasteiger partial charge in [0.25, 0.3) is 0 Å². The van der Waals surface area contributed by atoms with E-state index < -0.39 is 10.8 Å². The van der Waals surface area contributed by atoms with Crippen molar-refractivity contribution < 1.29 is 14.3 Å². The first kappa shape index (κ1) is 48.5. The topological polar surface area (TPSA) is 87.1 Å². The first-order valence-corrected chi connectivity index (χ1v) is 26.2. The lowest BCUT2D eigenvalue weighted by Gasteiger charge is -2.57. The molecule has 2 N–H and O–H groups in total. The molecule has 0 radical (unpaired) electrons. The zero-order chi connectivity index (χ0) is 48.4. The van der Waals surface area contributed by atoms with E-state index in [1.807, 2.05) is 42.6 Å². The number of likely N-dealkylation sites (N-methyl/N-ethyl adjacent to an activating group) is 2. The number of rotatable bonds is 13. The molecule has 0 amide bonds. The van der Waals surface area contributed by atoms with E-state index in [0.29, 0.717) is 24.0 Å². The zero-order valence-electron chi connectivity index (χ0n) is 41.7. The Hall–Kier alpha value is -4.10. The Morgan fingerprint density at radius 1 is 0.841 bits per heavy atom. The smallest absolute Gasteiger partial charge is 0.153 e. The summed E-state index contributed by atoms with van der Waals surface area (Å²) in [5, 5.41) is 9.82. The highest BCUT2D eigenvalue weighted by Crippen LogP contribution is 2.63. The molecule has 10 nitrogen and oxygen atoms in total. The molecule has 2 bridgehead atoms. The zero-order valence-corrected chi connectivity index (χ0v) is 43.2. The van der Waals surface area contributed by atoms with Crippen LogP contribution in [0.25, 0.3) is 11.3 Å². The number of piperidine rings is 1. The van der Waals surface area contributed by atoms with E-state index in [2.05, 4.69) is 144 Å². The van der Waals surface area contributed by atoms with Crippen molar-refractivity contribution >= 4 is 29.0 Å². The van der Waals surface area contributed by atoms with Crippen LogP contribution in [0.4, 0.5) is 0 Å². The molecule has 5 aromatic rings. The number of ether oxygens (including phenoxy) is 2. The lowest BCUT2D eigenvalue weighted by molar-refractivity contribution is -0.154. The number of nitrogens with one attached hydrogen (secondary N) is 2. The Labute approximate surface area is 420 Å². The highest BCUT2D eigenvalue weighted by Gasteiger charge is 2.77. The number of carbonyl (C=O) groups excluding carboxylic acids is 1. The van der Waals surface area contributed by atoms with Crippen LogP contribution in [0.15, 0.2) is 103 Å². The molecular formula is C57H71Cl2N7O3. The van der Waals surface area contributed by atoms with E-state index >= 15 is 4.79 Å². The molecule has 4 aromatic carbocycles. The van der Waals surface area contributed by atoms with Gasteiger partial charge in [0.15, 0.2) is 5.78 Å². The van der Waals surface area contributed by atoms with Crippen molar-refractivity contribution in [2.75, 3.05) is 34.4 Å². The largest absolute Gasteiger partial charge is 0.457 e. The van der Waals surface area contributed by atoms with Gasteiger partial charge in [0, 0.05) is 109 Å². The van der Waals surface area contributed by atoms with Crippen LogP contribution in [-0.4, -0.2) is 119 Å². The van der Waals surface area contributed by atoms with Crippen molar-refractivity contribution in [3.63, 3.8) is 0 Å². The Bertz CT molecular complexity index is 2610. The van der Waals surface area contributed by atoms with Crippen LogP contribution in [0.3, 0.4) is 0 Å². The fourth-order valence-corrected chi connectivity index (χ4v) is 14.9. The SMILES string of the molecule is CCc1ncc(-c2ccc(Oc3cc(Cl)ccc3CN3C4C[C@@H](Cc5ccccc5)C5N(C)[C@@H](C)CNC6C[C@H](Cc7ccc(Cl)cc7)N(C)C7[C@@H](COC)NC([C@@H]3C)C67C(=O)C54CC)cc2)n1C. The molecule has 1 aliphatic carbocycles. The van der Waals surface area contributed by atoms with Crippen LogP contribution in [0, 0.1) is 16.7 Å². The second kappa shape index (κ2) is 19.5. The van der Waals surface area contributed by atoms with Gasteiger partial charge in [-0.2, -0.15) is 0 Å². The number of aryl methyl sites for hydroxylation is 1. The molecule has 4 aliphatic heterocycles. The summed E-state index contributed by atoms with van der Waals surface area (Å²) in [5.74, 6) is 3.18. The van der Waals surface area contributed by atoms with Crippen LogP contribution >= 0.6 is 23.2 Å². The van der Waals surface area contributed by atoms with Gasteiger partial charge in [-0.25, -0.2) is 4.98 Å². The van der Waals surface area contributed by atoms with Gasteiger partial charge in [0.2, 0.25) is 0 Å². The summed E-state index contributed by atoms with van der Waals surface area (Å²) in [6.45, 7) is 11.1. The maximum atomic E-state index is 17.4. The summed E-state index contributed by atoms with van der Waals surface area (Å²) >= 11 is 13.3. The molecule has 366 valence electrons. The molecule has 12 atom stereocenters. The number of methoxy groups -OCH3 is 1. The van der Waals surface area contributed by atoms with Crippen molar-refractivity contribution in [2.45, 2.75) is 127 Å². The molecule has 1 spiro atoms. The van der Waals surface area contributed by atoms with Gasteiger partial charge in [-0.1, -0.05) is 85.6 Å². The van der Waals surface area contributed by atoms with Gasteiger partial charge in [-0.3, -0.25) is 19.5 Å². The third-order valence-corrected chi connectivity index (χ3v) is 18.3. The number of aromatic nitrogens is 2. The third-order valence-electron chi connectivity index (χ3n) is 17.8. The second-order valence-corrected chi connectivity index (χ2v) is 22.0. The molecule has 4 saturated heterocycles. The number of carbonyl (C=O) groups is 1. The highest BCUT2D eigenvalue weighted by atomic mass is 35.5. The Morgan fingerprint density at radius 3 is 2.26 bits per heavy atom. The van der Waals surface area contributed by atoms with E-state index in [1.54, 1.807) is 7.11 Å². The Morgan fingerprint density at radius 2 is 1.57 bits per heavy atom. The minimum Gasteiger partial charge on any atom is -0.457 e. The van der Waals surface area contributed by atoms with Gasteiger partial charge in [0.05, 0.1) is 29.3 Å². The molecule has 10 rings (SSSR count). The van der Waals surface area contributed by atoms with Crippen LogP contribution in [0.1, 0.15) is 69.5 Å². The first-order chi connectivity index (χ1) is 33.3. The van der Waals surface area contributed by atoms with E-state index in [9.17, 15) is 0 Å². The van der Waals surface area contributed by atoms with Gasteiger partial charge >= 0.3 is 0 Å². The van der Waals surface area contributed by atoms with Crippen LogP contribution in [-0.2, 0) is 42.4 Å². The molecule has 1 saturated carbocycles. The minimum atomic E-state index is -0.769. The predicted molar refractivity (Wildman–Crippen MR) is 277 cm³/mol. The summed E-state index contributed by atoms with van der Waals surface area (Å²) < 4.78 is 15.2. The van der Waals surface area contributed by atoms with Gasteiger partial charge in [-0.15, -0.1) is 0 Å². The molecule has 12 heteroatoms. The summed E-state index contributed by atoms with van der Waals surface area (Å²) in [6, 6.07) is 33.5. The van der Waals surface area contributed by atoms with Gasteiger partial charge in [0.1, 0.15) is 17.3 Å². The quantitative estimate of drug-likeness (QED) is 0.120. The van der Waals surface area contributed by atoms with Crippen LogP contribution in [0.5, 0.6) is 11.5 Å². The molecule has 69 heavy (non-hydrogen) atoms. The molecule has 5 heterocycles. The number of hydrogen-bond donors (Lipinski definition) is 2. The molecule has 5 fully saturated rings. The summed E-state index contributed by atoms with van der Waals surface area (Å²) in [6.07, 6.45) is 7.07. The van der Waals surface area contributed by atoms with Gasteiger partial charge < -0.3 is 24.7 Å². The summed E-state index contributed by atoms with van der Waals surface area (Å²) in [7, 11) is 8.47. The Balaban J connectivity index is 1.10. The number of halogens is 2. The lowest BCUT2D eigenvalue weighted by atomic mass is 9.54.